The van der Waals surface area contributed by atoms with Crippen LogP contribution in [-0.2, 0) is 0 Å². The molecule has 6 heteroatoms. The van der Waals surface area contributed by atoms with E-state index in [0.29, 0.717) is 5.56 Å². The van der Waals surface area contributed by atoms with E-state index in [-0.39, 0.29) is 29.0 Å². The Morgan fingerprint density at radius 3 is 2.84 bits per heavy atom. The summed E-state index contributed by atoms with van der Waals surface area (Å²) < 4.78 is 18.1. The van der Waals surface area contributed by atoms with E-state index in [1.54, 1.807) is 18.2 Å². The molecule has 0 bridgehead atoms. The van der Waals surface area contributed by atoms with Crippen molar-refractivity contribution >= 4 is 0 Å². The van der Waals surface area contributed by atoms with Gasteiger partial charge >= 0.3 is 0 Å². The number of pyridine rings is 1. The molecule has 0 aliphatic carbocycles. The van der Waals surface area contributed by atoms with Crippen molar-refractivity contribution in [3.63, 3.8) is 0 Å². The zero-order valence-corrected chi connectivity index (χ0v) is 9.62. The number of halogens is 1. The third-order valence-electron chi connectivity index (χ3n) is 2.50. The Balaban J connectivity index is 2.03. The lowest BCUT2D eigenvalue weighted by Gasteiger charge is -1.95. The maximum Gasteiger partial charge on any atom is 0.280 e. The molecule has 0 spiro atoms. The third-order valence-corrected chi connectivity index (χ3v) is 2.50. The van der Waals surface area contributed by atoms with Crippen molar-refractivity contribution in [2.75, 3.05) is 0 Å². The molecule has 2 heterocycles. The Bertz CT molecular complexity index is 727. The van der Waals surface area contributed by atoms with Crippen LogP contribution in [0.2, 0.25) is 0 Å². The number of aromatic nitrogens is 3. The summed E-state index contributed by atoms with van der Waals surface area (Å²) in [5.41, 5.74) is 0.683. The fourth-order valence-corrected chi connectivity index (χ4v) is 1.63. The van der Waals surface area contributed by atoms with E-state index < -0.39 is 0 Å². The van der Waals surface area contributed by atoms with Gasteiger partial charge in [0.1, 0.15) is 11.6 Å². The summed E-state index contributed by atoms with van der Waals surface area (Å²) in [4.78, 5) is 8.04. The molecule has 0 fully saturated rings. The van der Waals surface area contributed by atoms with Gasteiger partial charge in [-0.05, 0) is 24.3 Å². The van der Waals surface area contributed by atoms with Gasteiger partial charge in [-0.3, -0.25) is 0 Å². The second kappa shape index (κ2) is 4.49. The lowest BCUT2D eigenvalue weighted by Crippen LogP contribution is -1.85. The van der Waals surface area contributed by atoms with Gasteiger partial charge in [0.25, 0.3) is 5.89 Å². The maximum absolute atomic E-state index is 13.1. The largest absolute Gasteiger partial charge is 0.505 e. The quantitative estimate of drug-likeness (QED) is 0.764. The van der Waals surface area contributed by atoms with Crippen LogP contribution >= 0.6 is 0 Å². The van der Waals surface area contributed by atoms with Gasteiger partial charge in [-0.2, -0.15) is 4.98 Å². The molecule has 2 aromatic heterocycles. The van der Waals surface area contributed by atoms with Crippen LogP contribution in [0.5, 0.6) is 5.75 Å². The molecule has 0 aliphatic rings. The Hall–Kier alpha value is -2.76. The first-order valence-corrected chi connectivity index (χ1v) is 5.48. The summed E-state index contributed by atoms with van der Waals surface area (Å²) in [6.45, 7) is 0. The molecule has 3 aromatic rings. The average molecular weight is 257 g/mol. The van der Waals surface area contributed by atoms with E-state index in [1.807, 2.05) is 0 Å². The molecule has 0 unspecified atom stereocenters. The number of benzene rings is 1. The SMILES string of the molecule is Oc1cccnc1-c1nc(-c2cccc(F)c2)no1. The van der Waals surface area contributed by atoms with Crippen LogP contribution < -0.4 is 0 Å². The Labute approximate surface area is 107 Å². The van der Waals surface area contributed by atoms with Crippen LogP contribution in [0.15, 0.2) is 47.1 Å². The average Bonchev–Trinajstić information content (AvgIpc) is 2.89. The van der Waals surface area contributed by atoms with Crippen molar-refractivity contribution in [2.45, 2.75) is 0 Å². The number of nitrogens with zero attached hydrogens (tertiary/aromatic N) is 3. The first-order valence-electron chi connectivity index (χ1n) is 5.48. The van der Waals surface area contributed by atoms with Crippen LogP contribution in [0.4, 0.5) is 4.39 Å². The first kappa shape index (κ1) is 11.3. The summed E-state index contributed by atoms with van der Waals surface area (Å²) in [5, 5.41) is 13.4. The van der Waals surface area contributed by atoms with Gasteiger partial charge in [0.15, 0.2) is 5.69 Å². The highest BCUT2D eigenvalue weighted by Crippen LogP contribution is 2.26. The summed E-state index contributed by atoms with van der Waals surface area (Å²) >= 11 is 0. The Morgan fingerprint density at radius 2 is 2.05 bits per heavy atom. The van der Waals surface area contributed by atoms with Crippen molar-refractivity contribution in [1.82, 2.24) is 15.1 Å². The van der Waals surface area contributed by atoms with Gasteiger partial charge in [-0.15, -0.1) is 0 Å². The minimum atomic E-state index is -0.385. The van der Waals surface area contributed by atoms with Crippen LogP contribution in [0.25, 0.3) is 23.0 Å². The van der Waals surface area contributed by atoms with E-state index >= 15 is 0 Å². The van der Waals surface area contributed by atoms with Gasteiger partial charge in [0, 0.05) is 11.8 Å². The van der Waals surface area contributed by atoms with Gasteiger partial charge in [-0.25, -0.2) is 9.37 Å². The third kappa shape index (κ3) is 2.15. The van der Waals surface area contributed by atoms with Gasteiger partial charge in [0.05, 0.1) is 0 Å². The molecule has 3 rings (SSSR count). The molecule has 0 saturated carbocycles. The standard InChI is InChI=1S/C13H8FN3O2/c14-9-4-1-3-8(7-9)12-16-13(19-17-12)11-10(18)5-2-6-15-11/h1-7,18H. The molecule has 0 amide bonds. The Morgan fingerprint density at radius 1 is 1.16 bits per heavy atom. The van der Waals surface area contributed by atoms with Gasteiger partial charge in [0.2, 0.25) is 5.82 Å². The van der Waals surface area contributed by atoms with Gasteiger partial charge < -0.3 is 9.63 Å². The predicted octanol–water partition coefficient (Wildman–Crippen LogP) is 2.64. The minimum Gasteiger partial charge on any atom is -0.505 e. The zero-order valence-electron chi connectivity index (χ0n) is 9.62. The maximum atomic E-state index is 13.1. The van der Waals surface area contributed by atoms with Gasteiger partial charge in [-0.1, -0.05) is 17.3 Å². The summed E-state index contributed by atoms with van der Waals surface area (Å²) in [6, 6.07) is 8.90. The first-order chi connectivity index (χ1) is 9.24. The molecule has 19 heavy (non-hydrogen) atoms. The van der Waals surface area contributed by atoms with Crippen molar-refractivity contribution in [3.8, 4) is 28.7 Å². The van der Waals surface area contributed by atoms with E-state index in [2.05, 4.69) is 15.1 Å². The van der Waals surface area contributed by atoms with Crippen LogP contribution in [-0.4, -0.2) is 20.2 Å². The lowest BCUT2D eigenvalue weighted by molar-refractivity contribution is 0.423. The second-order valence-electron chi connectivity index (χ2n) is 3.80. The fourth-order valence-electron chi connectivity index (χ4n) is 1.63. The molecular formula is C13H8FN3O2. The normalized spacial score (nSPS) is 10.6. The summed E-state index contributed by atoms with van der Waals surface area (Å²) in [6.07, 6.45) is 1.50. The number of rotatable bonds is 2. The van der Waals surface area contributed by atoms with Crippen LogP contribution in [0.1, 0.15) is 0 Å². The molecule has 0 saturated heterocycles. The van der Waals surface area contributed by atoms with E-state index in [1.165, 1.54) is 24.4 Å². The van der Waals surface area contributed by atoms with E-state index in [0.717, 1.165) is 0 Å². The minimum absolute atomic E-state index is 0.0584. The second-order valence-corrected chi connectivity index (χ2v) is 3.80. The summed E-state index contributed by atoms with van der Waals surface area (Å²) in [5.74, 6) is -0.126. The molecule has 1 N–H and O–H groups in total. The highest BCUT2D eigenvalue weighted by Gasteiger charge is 2.15. The highest BCUT2D eigenvalue weighted by molar-refractivity contribution is 5.61. The van der Waals surface area contributed by atoms with Crippen LogP contribution in [0, 0.1) is 5.82 Å². The fraction of sp³-hybridized carbons (Fsp3) is 0. The van der Waals surface area contributed by atoms with Crippen molar-refractivity contribution in [2.24, 2.45) is 0 Å². The van der Waals surface area contributed by atoms with Crippen LogP contribution in [0.3, 0.4) is 0 Å². The van der Waals surface area contributed by atoms with Crippen molar-refractivity contribution in [1.29, 1.82) is 0 Å². The molecule has 1 aromatic carbocycles. The molecule has 0 atom stereocenters. The van der Waals surface area contributed by atoms with Crippen molar-refractivity contribution in [3.05, 3.63) is 48.4 Å². The number of hydrogen-bond acceptors (Lipinski definition) is 5. The molecular weight excluding hydrogens is 249 g/mol. The zero-order chi connectivity index (χ0) is 13.2. The molecule has 0 aliphatic heterocycles. The van der Waals surface area contributed by atoms with E-state index in [9.17, 15) is 9.50 Å². The lowest BCUT2D eigenvalue weighted by atomic mass is 10.2. The molecule has 94 valence electrons. The number of aromatic hydroxyl groups is 1. The Kier molecular flexibility index (Phi) is 2.68. The summed E-state index contributed by atoms with van der Waals surface area (Å²) in [7, 11) is 0. The number of hydrogen-bond donors (Lipinski definition) is 1. The van der Waals surface area contributed by atoms with E-state index in [4.69, 9.17) is 4.52 Å². The molecule has 5 nitrogen and oxygen atoms in total. The monoisotopic (exact) mass is 257 g/mol. The molecule has 0 radical (unpaired) electrons. The topological polar surface area (TPSA) is 72.0 Å². The highest BCUT2D eigenvalue weighted by atomic mass is 19.1. The predicted molar refractivity (Wildman–Crippen MR) is 64.6 cm³/mol. The smallest absolute Gasteiger partial charge is 0.280 e. The van der Waals surface area contributed by atoms with Crippen molar-refractivity contribution < 1.29 is 14.0 Å².